The number of carbonyl (C=O) groups excluding carboxylic acids is 2. The number of rotatable bonds is 9. The van der Waals surface area contributed by atoms with Crippen LogP contribution in [0.4, 0.5) is 5.69 Å². The first kappa shape index (κ1) is 23.9. The Hall–Kier alpha value is -2.77. The summed E-state index contributed by atoms with van der Waals surface area (Å²) in [6.45, 7) is 2.89. The van der Waals surface area contributed by atoms with Crippen LogP contribution >= 0.6 is 11.6 Å². The molecule has 2 amide bonds. The van der Waals surface area contributed by atoms with E-state index in [1.54, 1.807) is 11.0 Å². The summed E-state index contributed by atoms with van der Waals surface area (Å²) >= 11 is 5.94. The number of phenols is 1. The van der Waals surface area contributed by atoms with Crippen LogP contribution in [0, 0.1) is 5.92 Å². The number of hydrogen-bond donors (Lipinski definition) is 2. The molecule has 172 valence electrons. The number of amides is 2. The monoisotopic (exact) mass is 459 g/mol. The molecule has 8 heteroatoms. The van der Waals surface area contributed by atoms with Crippen molar-refractivity contribution in [1.29, 1.82) is 0 Å². The molecule has 0 saturated carbocycles. The number of ether oxygens (including phenoxy) is 1. The van der Waals surface area contributed by atoms with Crippen LogP contribution in [0.25, 0.3) is 0 Å². The minimum atomic E-state index is -0.160. The van der Waals surface area contributed by atoms with Gasteiger partial charge in [-0.3, -0.25) is 14.5 Å². The number of piperidine rings is 1. The number of halogens is 1. The van der Waals surface area contributed by atoms with Gasteiger partial charge < -0.3 is 20.1 Å². The third-order valence-corrected chi connectivity index (χ3v) is 5.84. The zero-order chi connectivity index (χ0) is 22.9. The second-order valence-corrected chi connectivity index (χ2v) is 8.47. The Morgan fingerprint density at radius 1 is 1.19 bits per heavy atom. The van der Waals surface area contributed by atoms with Crippen molar-refractivity contribution in [2.75, 3.05) is 45.2 Å². The molecule has 2 aromatic rings. The number of benzene rings is 2. The smallest absolute Gasteiger partial charge is 0.236 e. The number of carbonyl (C=O) groups is 2. The molecular formula is C24H30ClN3O4. The maximum atomic E-state index is 12.5. The molecule has 1 fully saturated rings. The second-order valence-electron chi connectivity index (χ2n) is 8.03. The topological polar surface area (TPSA) is 82.1 Å². The van der Waals surface area contributed by atoms with Crippen molar-refractivity contribution >= 4 is 29.1 Å². The van der Waals surface area contributed by atoms with Crippen LogP contribution in [-0.2, 0) is 9.59 Å². The molecule has 0 unspecified atom stereocenters. The van der Waals surface area contributed by atoms with Crippen LogP contribution in [0.3, 0.4) is 0 Å². The SMILES string of the molecule is CN(CCCOc1ccccc1)C(=O)CN1CCC(C(=O)Nc2cc(Cl)ccc2O)CC1. The summed E-state index contributed by atoms with van der Waals surface area (Å²) in [5.74, 6) is 0.593. The van der Waals surface area contributed by atoms with E-state index >= 15 is 0 Å². The minimum Gasteiger partial charge on any atom is -0.506 e. The maximum absolute atomic E-state index is 12.5. The van der Waals surface area contributed by atoms with Crippen LogP contribution in [-0.4, -0.2) is 66.6 Å². The van der Waals surface area contributed by atoms with Crippen LogP contribution in [0.15, 0.2) is 48.5 Å². The molecular weight excluding hydrogens is 430 g/mol. The quantitative estimate of drug-likeness (QED) is 0.442. The van der Waals surface area contributed by atoms with Gasteiger partial charge in [0, 0.05) is 24.5 Å². The van der Waals surface area contributed by atoms with E-state index in [4.69, 9.17) is 16.3 Å². The second kappa shape index (κ2) is 11.7. The van der Waals surface area contributed by atoms with E-state index in [1.807, 2.05) is 37.4 Å². The van der Waals surface area contributed by atoms with Gasteiger partial charge in [0.1, 0.15) is 11.5 Å². The summed E-state index contributed by atoms with van der Waals surface area (Å²) in [6, 6.07) is 14.2. The van der Waals surface area contributed by atoms with Crippen molar-refractivity contribution in [2.45, 2.75) is 19.3 Å². The predicted molar refractivity (Wildman–Crippen MR) is 125 cm³/mol. The van der Waals surface area contributed by atoms with E-state index in [9.17, 15) is 14.7 Å². The molecule has 1 aliphatic rings. The number of anilines is 1. The molecule has 0 atom stereocenters. The molecule has 2 aromatic carbocycles. The van der Waals surface area contributed by atoms with Gasteiger partial charge in [0.15, 0.2) is 0 Å². The first-order valence-corrected chi connectivity index (χ1v) is 11.2. The van der Waals surface area contributed by atoms with Crippen molar-refractivity contribution in [3.63, 3.8) is 0 Å². The van der Waals surface area contributed by atoms with Gasteiger partial charge in [-0.2, -0.15) is 0 Å². The molecule has 1 aliphatic heterocycles. The van der Waals surface area contributed by atoms with E-state index in [0.29, 0.717) is 56.3 Å². The van der Waals surface area contributed by atoms with Gasteiger partial charge in [-0.1, -0.05) is 29.8 Å². The summed E-state index contributed by atoms with van der Waals surface area (Å²) in [7, 11) is 1.81. The fourth-order valence-electron chi connectivity index (χ4n) is 3.64. The van der Waals surface area contributed by atoms with Crippen molar-refractivity contribution in [1.82, 2.24) is 9.80 Å². The van der Waals surface area contributed by atoms with Gasteiger partial charge in [-0.05, 0) is 62.7 Å². The molecule has 3 rings (SSSR count). The average molecular weight is 460 g/mol. The van der Waals surface area contributed by atoms with Gasteiger partial charge in [0.05, 0.1) is 18.8 Å². The lowest BCUT2D eigenvalue weighted by molar-refractivity contribution is -0.131. The Labute approximate surface area is 193 Å². The highest BCUT2D eigenvalue weighted by Gasteiger charge is 2.27. The van der Waals surface area contributed by atoms with Crippen LogP contribution < -0.4 is 10.1 Å². The summed E-state index contributed by atoms with van der Waals surface area (Å²) in [4.78, 5) is 28.9. The lowest BCUT2D eigenvalue weighted by atomic mass is 9.95. The molecule has 0 aliphatic carbocycles. The van der Waals surface area contributed by atoms with Crippen molar-refractivity contribution < 1.29 is 19.4 Å². The van der Waals surface area contributed by atoms with E-state index in [-0.39, 0.29) is 23.5 Å². The van der Waals surface area contributed by atoms with Crippen molar-refractivity contribution in [2.24, 2.45) is 5.92 Å². The van der Waals surface area contributed by atoms with Gasteiger partial charge in [-0.15, -0.1) is 0 Å². The molecule has 7 nitrogen and oxygen atoms in total. The highest BCUT2D eigenvalue weighted by molar-refractivity contribution is 6.31. The Kier molecular flexibility index (Phi) is 8.76. The molecule has 1 heterocycles. The Balaban J connectivity index is 1.35. The molecule has 0 bridgehead atoms. The molecule has 0 spiro atoms. The predicted octanol–water partition coefficient (Wildman–Crippen LogP) is 3.62. The van der Waals surface area contributed by atoms with Gasteiger partial charge >= 0.3 is 0 Å². The normalized spacial score (nSPS) is 14.7. The van der Waals surface area contributed by atoms with E-state index in [2.05, 4.69) is 10.2 Å². The molecule has 1 saturated heterocycles. The van der Waals surface area contributed by atoms with Crippen LogP contribution in [0.5, 0.6) is 11.5 Å². The fraction of sp³-hybridized carbons (Fsp3) is 0.417. The number of nitrogens with zero attached hydrogens (tertiary/aromatic N) is 2. The number of phenolic OH excluding ortho intramolecular Hbond substituents is 1. The standard InChI is InChI=1S/C24H30ClN3O4/c1-27(12-5-15-32-20-6-3-2-4-7-20)23(30)17-28-13-10-18(11-14-28)24(31)26-21-16-19(25)8-9-22(21)29/h2-4,6-9,16,18,29H,5,10-15,17H2,1H3,(H,26,31). The summed E-state index contributed by atoms with van der Waals surface area (Å²) in [5.41, 5.74) is 0.318. The number of likely N-dealkylation sites (N-methyl/N-ethyl adjacent to an activating group) is 1. The number of likely N-dealkylation sites (tertiary alicyclic amines) is 1. The van der Waals surface area contributed by atoms with Crippen LogP contribution in [0.1, 0.15) is 19.3 Å². The van der Waals surface area contributed by atoms with E-state index < -0.39 is 0 Å². The third kappa shape index (κ3) is 7.14. The zero-order valence-electron chi connectivity index (χ0n) is 18.3. The zero-order valence-corrected chi connectivity index (χ0v) is 19.1. The van der Waals surface area contributed by atoms with E-state index in [1.165, 1.54) is 12.1 Å². The molecule has 0 radical (unpaired) electrons. The molecule has 32 heavy (non-hydrogen) atoms. The summed E-state index contributed by atoms with van der Waals surface area (Å²) in [5, 5.41) is 13.1. The number of aromatic hydroxyl groups is 1. The van der Waals surface area contributed by atoms with Gasteiger partial charge in [0.25, 0.3) is 0 Å². The lowest BCUT2D eigenvalue weighted by Crippen LogP contribution is -2.44. The number of para-hydroxylation sites is 1. The van der Waals surface area contributed by atoms with Crippen molar-refractivity contribution in [3.8, 4) is 11.5 Å². The highest BCUT2D eigenvalue weighted by Crippen LogP contribution is 2.28. The Bertz CT molecular complexity index is 901. The average Bonchev–Trinajstić information content (AvgIpc) is 2.80. The van der Waals surface area contributed by atoms with Crippen LogP contribution in [0.2, 0.25) is 5.02 Å². The first-order chi connectivity index (χ1) is 15.4. The Morgan fingerprint density at radius 3 is 2.62 bits per heavy atom. The highest BCUT2D eigenvalue weighted by atomic mass is 35.5. The van der Waals surface area contributed by atoms with Gasteiger partial charge in [0.2, 0.25) is 11.8 Å². The third-order valence-electron chi connectivity index (χ3n) is 5.61. The molecule has 2 N–H and O–H groups in total. The lowest BCUT2D eigenvalue weighted by Gasteiger charge is -2.32. The number of nitrogens with one attached hydrogen (secondary N) is 1. The minimum absolute atomic E-state index is 0.0111. The number of hydrogen-bond acceptors (Lipinski definition) is 5. The maximum Gasteiger partial charge on any atom is 0.236 e. The van der Waals surface area contributed by atoms with E-state index in [0.717, 1.165) is 12.2 Å². The summed E-state index contributed by atoms with van der Waals surface area (Å²) < 4.78 is 5.67. The van der Waals surface area contributed by atoms with Crippen molar-refractivity contribution in [3.05, 3.63) is 53.6 Å². The fourth-order valence-corrected chi connectivity index (χ4v) is 3.81. The Morgan fingerprint density at radius 2 is 1.91 bits per heavy atom. The van der Waals surface area contributed by atoms with Gasteiger partial charge in [-0.25, -0.2) is 0 Å². The molecule has 0 aromatic heterocycles. The largest absolute Gasteiger partial charge is 0.506 e. The summed E-state index contributed by atoms with van der Waals surface area (Å²) in [6.07, 6.45) is 2.08. The first-order valence-electron chi connectivity index (χ1n) is 10.9.